The van der Waals surface area contributed by atoms with Crippen LogP contribution in [0.4, 0.5) is 0 Å². The number of hydrazone groups is 1. The topological polar surface area (TPSA) is 50.4 Å². The Morgan fingerprint density at radius 2 is 2.07 bits per heavy atom. The highest BCUT2D eigenvalue weighted by Gasteiger charge is 1.88. The van der Waals surface area contributed by atoms with Gasteiger partial charge in [-0.25, -0.2) is 0 Å². The molecular formula is C10H10BrN3S. The third-order valence-electron chi connectivity index (χ3n) is 1.47. The van der Waals surface area contributed by atoms with Crippen LogP contribution in [0, 0.1) is 0 Å². The molecule has 0 atom stereocenters. The van der Waals surface area contributed by atoms with Crippen LogP contribution in [0.5, 0.6) is 0 Å². The first-order chi connectivity index (χ1) is 7.18. The summed E-state index contributed by atoms with van der Waals surface area (Å²) in [6, 6.07) is 9.90. The van der Waals surface area contributed by atoms with E-state index in [1.54, 1.807) is 6.21 Å². The van der Waals surface area contributed by atoms with Crippen molar-refractivity contribution in [3.63, 3.8) is 0 Å². The van der Waals surface area contributed by atoms with Gasteiger partial charge in [0.1, 0.15) is 0 Å². The largest absolute Gasteiger partial charge is 0.375 e. The van der Waals surface area contributed by atoms with Gasteiger partial charge in [0.15, 0.2) is 5.11 Å². The molecule has 3 N–H and O–H groups in total. The van der Waals surface area contributed by atoms with Crippen LogP contribution in [0.3, 0.4) is 0 Å². The number of nitrogens with zero attached hydrogens (tertiary/aromatic N) is 1. The molecule has 0 saturated carbocycles. The Balaban J connectivity index is 2.61. The van der Waals surface area contributed by atoms with Crippen molar-refractivity contribution in [2.45, 2.75) is 0 Å². The molecule has 0 fully saturated rings. The quantitative estimate of drug-likeness (QED) is 0.508. The molecule has 1 aromatic rings. The standard InChI is InChI=1S/C10H10BrN3S/c11-9(7-13-14-10(12)15)6-8-4-2-1-3-5-8/h1-7H,(H3,12,14,15)/b9-6-,13-7+. The van der Waals surface area contributed by atoms with E-state index in [-0.39, 0.29) is 5.11 Å². The van der Waals surface area contributed by atoms with Gasteiger partial charge in [-0.05, 0) is 39.8 Å². The van der Waals surface area contributed by atoms with E-state index >= 15 is 0 Å². The maximum absolute atomic E-state index is 5.20. The van der Waals surface area contributed by atoms with Crippen LogP contribution in [0.2, 0.25) is 0 Å². The molecule has 15 heavy (non-hydrogen) atoms. The molecule has 0 aliphatic heterocycles. The molecule has 0 aliphatic rings. The van der Waals surface area contributed by atoms with E-state index in [9.17, 15) is 0 Å². The number of benzene rings is 1. The second kappa shape index (κ2) is 6.31. The Kier molecular flexibility index (Phi) is 5.00. The lowest BCUT2D eigenvalue weighted by atomic mass is 10.2. The number of nitrogens with one attached hydrogen (secondary N) is 1. The number of rotatable bonds is 3. The molecule has 1 rings (SSSR count). The minimum absolute atomic E-state index is 0.145. The van der Waals surface area contributed by atoms with Crippen LogP contribution in [0.15, 0.2) is 39.9 Å². The van der Waals surface area contributed by atoms with Crippen LogP contribution >= 0.6 is 28.1 Å². The van der Waals surface area contributed by atoms with Gasteiger partial charge < -0.3 is 5.73 Å². The zero-order valence-corrected chi connectivity index (χ0v) is 10.3. The normalized spacial score (nSPS) is 11.7. The van der Waals surface area contributed by atoms with Gasteiger partial charge in [0.2, 0.25) is 0 Å². The van der Waals surface area contributed by atoms with Gasteiger partial charge in [0.25, 0.3) is 0 Å². The van der Waals surface area contributed by atoms with Crippen LogP contribution < -0.4 is 11.2 Å². The number of hydrogen-bond donors (Lipinski definition) is 2. The molecule has 3 nitrogen and oxygen atoms in total. The number of nitrogens with two attached hydrogens (primary N) is 1. The molecule has 0 aliphatic carbocycles. The molecule has 0 radical (unpaired) electrons. The summed E-state index contributed by atoms with van der Waals surface area (Å²) >= 11 is 7.95. The molecule has 0 amide bonds. The number of allylic oxidation sites excluding steroid dienone is 1. The molecule has 0 saturated heterocycles. The fourth-order valence-corrected chi connectivity index (χ4v) is 1.32. The fourth-order valence-electron chi connectivity index (χ4n) is 0.903. The number of halogens is 1. The van der Waals surface area contributed by atoms with E-state index in [0.717, 1.165) is 10.0 Å². The van der Waals surface area contributed by atoms with E-state index in [0.29, 0.717) is 0 Å². The summed E-state index contributed by atoms with van der Waals surface area (Å²) in [6.45, 7) is 0. The smallest absolute Gasteiger partial charge is 0.184 e. The Bertz CT molecular complexity index is 387. The third kappa shape index (κ3) is 5.29. The molecule has 1 aromatic carbocycles. The van der Waals surface area contributed by atoms with Gasteiger partial charge >= 0.3 is 0 Å². The second-order valence-electron chi connectivity index (χ2n) is 2.67. The maximum Gasteiger partial charge on any atom is 0.184 e. The van der Waals surface area contributed by atoms with Crippen molar-refractivity contribution in [1.29, 1.82) is 0 Å². The van der Waals surface area contributed by atoms with Crippen LogP contribution in [-0.4, -0.2) is 11.3 Å². The van der Waals surface area contributed by atoms with Crippen molar-refractivity contribution in [2.75, 3.05) is 0 Å². The average molecular weight is 284 g/mol. The highest BCUT2D eigenvalue weighted by molar-refractivity contribution is 9.12. The minimum Gasteiger partial charge on any atom is -0.375 e. The predicted octanol–water partition coefficient (Wildman–Crippen LogP) is 2.24. The van der Waals surface area contributed by atoms with Crippen molar-refractivity contribution in [2.24, 2.45) is 10.8 Å². The average Bonchev–Trinajstić information content (AvgIpc) is 2.18. The molecule has 0 bridgehead atoms. The summed E-state index contributed by atoms with van der Waals surface area (Å²) in [5.41, 5.74) is 8.76. The van der Waals surface area contributed by atoms with Crippen molar-refractivity contribution < 1.29 is 0 Å². The minimum atomic E-state index is 0.145. The lowest BCUT2D eigenvalue weighted by Crippen LogP contribution is -2.23. The molecule has 5 heteroatoms. The van der Waals surface area contributed by atoms with Crippen molar-refractivity contribution in [3.05, 3.63) is 40.4 Å². The zero-order valence-electron chi connectivity index (χ0n) is 7.85. The summed E-state index contributed by atoms with van der Waals surface area (Å²) < 4.78 is 0.831. The van der Waals surface area contributed by atoms with Crippen LogP contribution in [0.1, 0.15) is 5.56 Å². The summed E-state index contributed by atoms with van der Waals surface area (Å²) in [5, 5.41) is 3.96. The first kappa shape index (κ1) is 11.9. The number of hydrogen-bond acceptors (Lipinski definition) is 2. The van der Waals surface area contributed by atoms with E-state index in [2.05, 4.69) is 38.7 Å². The van der Waals surface area contributed by atoms with Gasteiger partial charge in [-0.3, -0.25) is 5.43 Å². The Labute approximate surface area is 102 Å². The molecule has 0 aromatic heterocycles. The molecule has 0 heterocycles. The van der Waals surface area contributed by atoms with Gasteiger partial charge in [-0.2, -0.15) is 5.10 Å². The zero-order chi connectivity index (χ0) is 11.1. The van der Waals surface area contributed by atoms with Gasteiger partial charge in [0, 0.05) is 4.48 Å². The van der Waals surface area contributed by atoms with Gasteiger partial charge in [-0.15, -0.1) is 0 Å². The summed E-state index contributed by atoms with van der Waals surface area (Å²) in [6.07, 6.45) is 3.52. The fraction of sp³-hybridized carbons (Fsp3) is 0. The Morgan fingerprint density at radius 3 is 2.67 bits per heavy atom. The van der Waals surface area contributed by atoms with Gasteiger partial charge in [-0.1, -0.05) is 30.3 Å². The first-order valence-corrected chi connectivity index (χ1v) is 5.39. The van der Waals surface area contributed by atoms with E-state index in [1.807, 2.05) is 36.4 Å². The molecule has 0 spiro atoms. The Morgan fingerprint density at radius 1 is 1.40 bits per heavy atom. The molecular weight excluding hydrogens is 274 g/mol. The van der Waals surface area contributed by atoms with Crippen molar-refractivity contribution in [3.8, 4) is 0 Å². The lowest BCUT2D eigenvalue weighted by Gasteiger charge is -1.94. The SMILES string of the molecule is NC(=S)N/N=C/C(Br)=C/c1ccccc1. The van der Waals surface area contributed by atoms with E-state index < -0.39 is 0 Å². The van der Waals surface area contributed by atoms with Crippen molar-refractivity contribution in [1.82, 2.24) is 5.43 Å². The molecule has 0 unspecified atom stereocenters. The summed E-state index contributed by atoms with van der Waals surface area (Å²) in [4.78, 5) is 0. The monoisotopic (exact) mass is 283 g/mol. The van der Waals surface area contributed by atoms with Crippen LogP contribution in [0.25, 0.3) is 6.08 Å². The third-order valence-corrected chi connectivity index (χ3v) is 1.99. The van der Waals surface area contributed by atoms with Crippen molar-refractivity contribution >= 4 is 45.6 Å². The Hall–Kier alpha value is -1.20. The lowest BCUT2D eigenvalue weighted by molar-refractivity contribution is 1.04. The highest BCUT2D eigenvalue weighted by Crippen LogP contribution is 2.09. The summed E-state index contributed by atoms with van der Waals surface area (Å²) in [5.74, 6) is 0. The highest BCUT2D eigenvalue weighted by atomic mass is 79.9. The van der Waals surface area contributed by atoms with E-state index in [1.165, 1.54) is 0 Å². The first-order valence-electron chi connectivity index (χ1n) is 4.19. The maximum atomic E-state index is 5.20. The summed E-state index contributed by atoms with van der Waals surface area (Å²) in [7, 11) is 0. The second-order valence-corrected chi connectivity index (χ2v) is 4.03. The predicted molar refractivity (Wildman–Crippen MR) is 71.8 cm³/mol. The van der Waals surface area contributed by atoms with Gasteiger partial charge in [0.05, 0.1) is 6.21 Å². The van der Waals surface area contributed by atoms with E-state index in [4.69, 9.17) is 5.73 Å². The molecule has 78 valence electrons. The van der Waals surface area contributed by atoms with Crippen LogP contribution in [-0.2, 0) is 0 Å². The number of thiocarbonyl (C=S) groups is 1.